The Morgan fingerprint density at radius 1 is 1.50 bits per heavy atom. The molecule has 1 aromatic rings. The number of azide groups is 1. The Kier molecular flexibility index (Phi) is 5.05. The SMILES string of the molecule is [N-]=[N+]=NCCC=Cc1ccc(F)cc1CN. The standard InChI is InChI=1S/C11H13FN4/c12-11-5-4-9(10(7-11)8-13)3-1-2-6-15-16-14/h1,3-5,7H,2,6,8,13H2. The van der Waals surface area contributed by atoms with Crippen LogP contribution in [0.1, 0.15) is 17.5 Å². The molecular weight excluding hydrogens is 207 g/mol. The molecule has 0 bridgehead atoms. The Balaban J connectivity index is 2.68. The van der Waals surface area contributed by atoms with Gasteiger partial charge in [-0.05, 0) is 35.2 Å². The van der Waals surface area contributed by atoms with Gasteiger partial charge in [0.25, 0.3) is 0 Å². The molecule has 1 rings (SSSR count). The first-order chi connectivity index (χ1) is 7.77. The van der Waals surface area contributed by atoms with Crippen molar-refractivity contribution in [2.45, 2.75) is 13.0 Å². The molecule has 0 aliphatic heterocycles. The topological polar surface area (TPSA) is 74.8 Å². The fraction of sp³-hybridized carbons (Fsp3) is 0.273. The summed E-state index contributed by atoms with van der Waals surface area (Å²) in [6.07, 6.45) is 4.39. The predicted octanol–water partition coefficient (Wildman–Crippen LogP) is 3.00. The maximum atomic E-state index is 12.9. The van der Waals surface area contributed by atoms with Crippen molar-refractivity contribution < 1.29 is 4.39 Å². The van der Waals surface area contributed by atoms with Crippen molar-refractivity contribution in [2.75, 3.05) is 6.54 Å². The van der Waals surface area contributed by atoms with Crippen molar-refractivity contribution in [3.8, 4) is 0 Å². The first-order valence-corrected chi connectivity index (χ1v) is 4.94. The summed E-state index contributed by atoms with van der Waals surface area (Å²) in [7, 11) is 0. The van der Waals surface area contributed by atoms with Crippen LogP contribution in [0.4, 0.5) is 4.39 Å². The molecule has 0 saturated heterocycles. The van der Waals surface area contributed by atoms with E-state index in [-0.39, 0.29) is 5.82 Å². The van der Waals surface area contributed by atoms with Crippen molar-refractivity contribution in [1.29, 1.82) is 0 Å². The number of nitrogens with two attached hydrogens (primary N) is 1. The fourth-order valence-electron chi connectivity index (χ4n) is 1.30. The summed E-state index contributed by atoms with van der Waals surface area (Å²) < 4.78 is 12.9. The molecule has 16 heavy (non-hydrogen) atoms. The molecule has 0 unspecified atom stereocenters. The molecule has 0 aromatic heterocycles. The molecular formula is C11H13FN4. The monoisotopic (exact) mass is 220 g/mol. The smallest absolute Gasteiger partial charge is 0.123 e. The summed E-state index contributed by atoms with van der Waals surface area (Å²) in [6.45, 7) is 0.722. The third-order valence-electron chi connectivity index (χ3n) is 2.08. The molecule has 84 valence electrons. The molecule has 2 N–H and O–H groups in total. The molecule has 0 fully saturated rings. The van der Waals surface area contributed by atoms with Crippen molar-refractivity contribution in [1.82, 2.24) is 0 Å². The van der Waals surface area contributed by atoms with E-state index >= 15 is 0 Å². The lowest BCUT2D eigenvalue weighted by molar-refractivity contribution is 0.625. The fourth-order valence-corrected chi connectivity index (χ4v) is 1.30. The minimum atomic E-state index is -0.285. The highest BCUT2D eigenvalue weighted by molar-refractivity contribution is 5.53. The number of hydrogen-bond donors (Lipinski definition) is 1. The molecule has 4 nitrogen and oxygen atoms in total. The average Bonchev–Trinajstić information content (AvgIpc) is 2.30. The molecule has 0 aliphatic rings. The average molecular weight is 220 g/mol. The van der Waals surface area contributed by atoms with Crippen molar-refractivity contribution in [2.24, 2.45) is 10.8 Å². The van der Waals surface area contributed by atoms with Gasteiger partial charge in [-0.25, -0.2) is 4.39 Å². The molecule has 0 aliphatic carbocycles. The van der Waals surface area contributed by atoms with Gasteiger partial charge >= 0.3 is 0 Å². The molecule has 0 atom stereocenters. The van der Waals surface area contributed by atoms with Gasteiger partial charge in [0.1, 0.15) is 5.82 Å². The van der Waals surface area contributed by atoms with E-state index in [0.717, 1.165) is 11.1 Å². The first-order valence-electron chi connectivity index (χ1n) is 4.94. The third kappa shape index (κ3) is 3.73. The van der Waals surface area contributed by atoms with E-state index in [1.54, 1.807) is 6.07 Å². The lowest BCUT2D eigenvalue weighted by atomic mass is 10.1. The summed E-state index contributed by atoms with van der Waals surface area (Å²) in [4.78, 5) is 2.65. The van der Waals surface area contributed by atoms with Gasteiger partial charge in [0.15, 0.2) is 0 Å². The molecule has 5 heteroatoms. The van der Waals surface area contributed by atoms with Crippen molar-refractivity contribution in [3.05, 3.63) is 51.7 Å². The minimum absolute atomic E-state index is 0.285. The molecule has 0 heterocycles. The highest BCUT2D eigenvalue weighted by Crippen LogP contribution is 2.12. The van der Waals surface area contributed by atoms with Gasteiger partial charge in [-0.3, -0.25) is 0 Å². The molecule has 1 aromatic carbocycles. The van der Waals surface area contributed by atoms with Gasteiger partial charge in [-0.15, -0.1) is 0 Å². The Morgan fingerprint density at radius 2 is 2.31 bits per heavy atom. The summed E-state index contributed by atoms with van der Waals surface area (Å²) >= 11 is 0. The second kappa shape index (κ2) is 6.61. The molecule has 0 saturated carbocycles. The van der Waals surface area contributed by atoms with Crippen LogP contribution in [-0.4, -0.2) is 6.54 Å². The highest BCUT2D eigenvalue weighted by Gasteiger charge is 1.98. The van der Waals surface area contributed by atoms with Crippen molar-refractivity contribution >= 4 is 6.08 Å². The zero-order chi connectivity index (χ0) is 11.8. The van der Waals surface area contributed by atoms with Gasteiger partial charge in [0, 0.05) is 18.0 Å². The third-order valence-corrected chi connectivity index (χ3v) is 2.08. The first kappa shape index (κ1) is 12.2. The predicted molar refractivity (Wildman–Crippen MR) is 62.0 cm³/mol. The van der Waals surface area contributed by atoms with Crippen LogP contribution in [0.3, 0.4) is 0 Å². The van der Waals surface area contributed by atoms with Crippen LogP contribution in [0.25, 0.3) is 16.5 Å². The van der Waals surface area contributed by atoms with Gasteiger partial charge in [-0.1, -0.05) is 23.3 Å². The summed E-state index contributed by atoms with van der Waals surface area (Å²) in [5.74, 6) is -0.285. The molecule has 0 radical (unpaired) electrons. The second-order valence-electron chi connectivity index (χ2n) is 3.19. The number of nitrogens with zero attached hydrogens (tertiary/aromatic N) is 3. The number of hydrogen-bond acceptors (Lipinski definition) is 2. The van der Waals surface area contributed by atoms with Crippen LogP contribution >= 0.6 is 0 Å². The lowest BCUT2D eigenvalue weighted by Gasteiger charge is -2.02. The van der Waals surface area contributed by atoms with Gasteiger partial charge in [-0.2, -0.15) is 0 Å². The van der Waals surface area contributed by atoms with E-state index in [0.29, 0.717) is 19.5 Å². The molecule has 0 amide bonds. The van der Waals surface area contributed by atoms with Crippen LogP contribution < -0.4 is 5.73 Å². The Morgan fingerprint density at radius 3 is 3.00 bits per heavy atom. The number of benzene rings is 1. The highest BCUT2D eigenvalue weighted by atomic mass is 19.1. The van der Waals surface area contributed by atoms with Crippen LogP contribution in [-0.2, 0) is 6.54 Å². The Labute approximate surface area is 93.2 Å². The Bertz CT molecular complexity index is 422. The second-order valence-corrected chi connectivity index (χ2v) is 3.19. The van der Waals surface area contributed by atoms with Crippen LogP contribution in [0, 0.1) is 5.82 Å². The van der Waals surface area contributed by atoms with E-state index in [1.165, 1.54) is 12.1 Å². The normalized spacial score (nSPS) is 10.4. The quantitative estimate of drug-likeness (QED) is 0.352. The van der Waals surface area contributed by atoms with Crippen LogP contribution in [0.5, 0.6) is 0 Å². The van der Waals surface area contributed by atoms with E-state index in [4.69, 9.17) is 11.3 Å². The van der Waals surface area contributed by atoms with Gasteiger partial charge in [0.05, 0.1) is 0 Å². The summed E-state index contributed by atoms with van der Waals surface area (Å²) in [6, 6.07) is 4.50. The maximum Gasteiger partial charge on any atom is 0.123 e. The maximum absolute atomic E-state index is 12.9. The zero-order valence-corrected chi connectivity index (χ0v) is 8.81. The van der Waals surface area contributed by atoms with E-state index in [9.17, 15) is 4.39 Å². The minimum Gasteiger partial charge on any atom is -0.326 e. The van der Waals surface area contributed by atoms with Crippen LogP contribution in [0.15, 0.2) is 29.4 Å². The summed E-state index contributed by atoms with van der Waals surface area (Å²) in [5.41, 5.74) is 15.2. The van der Waals surface area contributed by atoms with E-state index in [1.807, 2.05) is 12.2 Å². The van der Waals surface area contributed by atoms with Crippen molar-refractivity contribution in [3.63, 3.8) is 0 Å². The van der Waals surface area contributed by atoms with E-state index in [2.05, 4.69) is 10.0 Å². The Hall–Kier alpha value is -1.84. The van der Waals surface area contributed by atoms with E-state index < -0.39 is 0 Å². The molecule has 0 spiro atoms. The number of halogens is 1. The van der Waals surface area contributed by atoms with Crippen LogP contribution in [0.2, 0.25) is 0 Å². The van der Waals surface area contributed by atoms with Gasteiger partial charge in [0.2, 0.25) is 0 Å². The zero-order valence-electron chi connectivity index (χ0n) is 8.81. The summed E-state index contributed by atoms with van der Waals surface area (Å²) in [5, 5.41) is 3.40. The largest absolute Gasteiger partial charge is 0.326 e. The lowest BCUT2D eigenvalue weighted by Crippen LogP contribution is -1.99. The number of rotatable bonds is 5. The van der Waals surface area contributed by atoms with Gasteiger partial charge < -0.3 is 5.73 Å².